The molecule has 0 spiro atoms. The summed E-state index contributed by atoms with van der Waals surface area (Å²) in [5.41, 5.74) is -0.262. The van der Waals surface area contributed by atoms with Crippen LogP contribution in [0.25, 0.3) is 0 Å². The summed E-state index contributed by atoms with van der Waals surface area (Å²) in [4.78, 5) is 2.26. The van der Waals surface area contributed by atoms with Crippen LogP contribution in [0.3, 0.4) is 0 Å². The third kappa shape index (κ3) is 3.33. The van der Waals surface area contributed by atoms with Crippen LogP contribution in [0.2, 0.25) is 0 Å². The van der Waals surface area contributed by atoms with Crippen LogP contribution in [0, 0.1) is 16.7 Å². The van der Waals surface area contributed by atoms with Crippen LogP contribution in [0.5, 0.6) is 0 Å². The van der Waals surface area contributed by atoms with Gasteiger partial charge in [0.25, 0.3) is 0 Å². The van der Waals surface area contributed by atoms with Gasteiger partial charge < -0.3 is 10.0 Å². The van der Waals surface area contributed by atoms with Crippen LogP contribution in [-0.4, -0.2) is 35.7 Å². The highest BCUT2D eigenvalue weighted by Crippen LogP contribution is 2.18. The molecular weight excluding hydrogens is 164 g/mol. The molecule has 1 rings (SSSR count). The second kappa shape index (κ2) is 4.08. The van der Waals surface area contributed by atoms with Crippen molar-refractivity contribution in [3.8, 4) is 6.07 Å². The van der Waals surface area contributed by atoms with E-state index in [1.807, 2.05) is 13.8 Å². The smallest absolute Gasteiger partial charge is 0.0697 e. The predicted octanol–water partition coefficient (Wildman–Crippen LogP) is 0.993. The average molecular weight is 182 g/mol. The zero-order chi connectivity index (χ0) is 9.90. The molecule has 1 aliphatic heterocycles. The van der Waals surface area contributed by atoms with Gasteiger partial charge in [0.1, 0.15) is 0 Å². The van der Waals surface area contributed by atoms with E-state index in [2.05, 4.69) is 11.0 Å². The zero-order valence-corrected chi connectivity index (χ0v) is 8.45. The highest BCUT2D eigenvalue weighted by molar-refractivity contribution is 4.94. The minimum atomic E-state index is -0.262. The van der Waals surface area contributed by atoms with Crippen molar-refractivity contribution in [1.29, 1.82) is 5.26 Å². The lowest BCUT2D eigenvalue weighted by molar-refractivity contribution is 0.0711. The normalized spacial score (nSPS) is 21.4. The molecule has 0 aromatic heterocycles. The fourth-order valence-electron chi connectivity index (χ4n) is 1.67. The number of likely N-dealkylation sites (tertiary alicyclic amines) is 1. The first-order valence-electron chi connectivity index (χ1n) is 4.85. The van der Waals surface area contributed by atoms with Gasteiger partial charge >= 0.3 is 0 Å². The standard InChI is InChI=1S/C10H18N2O/c1-10(2,7-11)8-12-5-3-9(13)4-6-12/h9,13H,3-6,8H2,1-2H3. The molecule has 1 fully saturated rings. The van der Waals surface area contributed by atoms with Crippen molar-refractivity contribution in [1.82, 2.24) is 4.90 Å². The molecule has 1 N–H and O–H groups in total. The Kier molecular flexibility index (Phi) is 3.29. The molecule has 74 valence electrons. The van der Waals surface area contributed by atoms with Crippen LogP contribution in [-0.2, 0) is 0 Å². The second-order valence-electron chi connectivity index (χ2n) is 4.50. The average Bonchev–Trinajstić information content (AvgIpc) is 2.09. The minimum absolute atomic E-state index is 0.124. The van der Waals surface area contributed by atoms with Crippen molar-refractivity contribution in [2.24, 2.45) is 5.41 Å². The van der Waals surface area contributed by atoms with Gasteiger partial charge in [0.05, 0.1) is 17.6 Å². The fourth-order valence-corrected chi connectivity index (χ4v) is 1.67. The number of nitrogens with zero attached hydrogens (tertiary/aromatic N) is 2. The maximum Gasteiger partial charge on any atom is 0.0697 e. The van der Waals surface area contributed by atoms with Crippen LogP contribution in [0.15, 0.2) is 0 Å². The third-order valence-corrected chi connectivity index (χ3v) is 2.48. The van der Waals surface area contributed by atoms with Crippen LogP contribution >= 0.6 is 0 Å². The van der Waals surface area contributed by atoms with Crippen molar-refractivity contribution in [3.63, 3.8) is 0 Å². The molecule has 1 saturated heterocycles. The van der Waals surface area contributed by atoms with Gasteiger partial charge in [-0.1, -0.05) is 0 Å². The molecule has 3 heteroatoms. The van der Waals surface area contributed by atoms with Gasteiger partial charge in [-0.15, -0.1) is 0 Å². The number of hydrogen-bond acceptors (Lipinski definition) is 3. The summed E-state index contributed by atoms with van der Waals surface area (Å²) < 4.78 is 0. The van der Waals surface area contributed by atoms with E-state index in [0.717, 1.165) is 32.5 Å². The zero-order valence-electron chi connectivity index (χ0n) is 8.45. The SMILES string of the molecule is CC(C)(C#N)CN1CCC(O)CC1. The quantitative estimate of drug-likeness (QED) is 0.693. The Balaban J connectivity index is 2.35. The molecule has 0 aromatic carbocycles. The molecule has 1 aliphatic rings. The molecule has 3 nitrogen and oxygen atoms in total. The first-order chi connectivity index (χ1) is 6.03. The van der Waals surface area contributed by atoms with Crippen molar-refractivity contribution in [3.05, 3.63) is 0 Å². The number of aliphatic hydroxyl groups excluding tert-OH is 1. The second-order valence-corrected chi connectivity index (χ2v) is 4.50. The van der Waals surface area contributed by atoms with Crippen molar-refractivity contribution in [2.45, 2.75) is 32.8 Å². The first-order valence-corrected chi connectivity index (χ1v) is 4.85. The molecule has 0 aromatic rings. The molecule has 0 amide bonds. The van der Waals surface area contributed by atoms with Gasteiger partial charge in [0, 0.05) is 19.6 Å². The lowest BCUT2D eigenvalue weighted by Crippen LogP contribution is -2.40. The Hall–Kier alpha value is -0.590. The number of hydrogen-bond donors (Lipinski definition) is 1. The van der Waals surface area contributed by atoms with Crippen molar-refractivity contribution in [2.75, 3.05) is 19.6 Å². The number of rotatable bonds is 2. The monoisotopic (exact) mass is 182 g/mol. The summed E-state index contributed by atoms with van der Waals surface area (Å²) in [5.74, 6) is 0. The van der Waals surface area contributed by atoms with E-state index >= 15 is 0 Å². The molecule has 13 heavy (non-hydrogen) atoms. The van der Waals surface area contributed by atoms with Gasteiger partial charge in [-0.3, -0.25) is 0 Å². The topological polar surface area (TPSA) is 47.3 Å². The van der Waals surface area contributed by atoms with E-state index in [0.29, 0.717) is 0 Å². The molecule has 0 atom stereocenters. The molecule has 0 aliphatic carbocycles. The van der Waals surface area contributed by atoms with Crippen LogP contribution < -0.4 is 0 Å². The Morgan fingerprint density at radius 3 is 2.46 bits per heavy atom. The van der Waals surface area contributed by atoms with Crippen LogP contribution in [0.4, 0.5) is 0 Å². The van der Waals surface area contributed by atoms with E-state index in [9.17, 15) is 5.11 Å². The van der Waals surface area contributed by atoms with Crippen LogP contribution in [0.1, 0.15) is 26.7 Å². The fraction of sp³-hybridized carbons (Fsp3) is 0.900. The number of nitriles is 1. The van der Waals surface area contributed by atoms with Gasteiger partial charge in [-0.05, 0) is 26.7 Å². The highest BCUT2D eigenvalue weighted by atomic mass is 16.3. The van der Waals surface area contributed by atoms with Crippen molar-refractivity contribution >= 4 is 0 Å². The maximum absolute atomic E-state index is 9.29. The molecule has 0 unspecified atom stereocenters. The molecule has 0 radical (unpaired) electrons. The molecule has 0 bridgehead atoms. The summed E-state index contributed by atoms with van der Waals surface area (Å²) in [5, 5.41) is 18.1. The Morgan fingerprint density at radius 2 is 2.00 bits per heavy atom. The Morgan fingerprint density at radius 1 is 1.46 bits per heavy atom. The van der Waals surface area contributed by atoms with E-state index in [1.54, 1.807) is 0 Å². The number of piperidine rings is 1. The lowest BCUT2D eigenvalue weighted by Gasteiger charge is -2.33. The summed E-state index contributed by atoms with van der Waals surface area (Å²) in [6.07, 6.45) is 1.57. The third-order valence-electron chi connectivity index (χ3n) is 2.48. The van der Waals surface area contributed by atoms with Gasteiger partial charge in [-0.25, -0.2) is 0 Å². The predicted molar refractivity (Wildman–Crippen MR) is 51.1 cm³/mol. The maximum atomic E-state index is 9.29. The highest BCUT2D eigenvalue weighted by Gasteiger charge is 2.24. The van der Waals surface area contributed by atoms with Gasteiger partial charge in [0.15, 0.2) is 0 Å². The minimum Gasteiger partial charge on any atom is -0.393 e. The first kappa shape index (κ1) is 10.5. The van der Waals surface area contributed by atoms with Crippen molar-refractivity contribution < 1.29 is 5.11 Å². The van der Waals surface area contributed by atoms with Gasteiger partial charge in [0.2, 0.25) is 0 Å². The number of aliphatic hydroxyl groups is 1. The van der Waals surface area contributed by atoms with E-state index < -0.39 is 0 Å². The molecule has 1 heterocycles. The van der Waals surface area contributed by atoms with E-state index in [-0.39, 0.29) is 11.5 Å². The summed E-state index contributed by atoms with van der Waals surface area (Å²) in [6, 6.07) is 2.30. The van der Waals surface area contributed by atoms with E-state index in [1.165, 1.54) is 0 Å². The lowest BCUT2D eigenvalue weighted by atomic mass is 9.94. The summed E-state index contributed by atoms with van der Waals surface area (Å²) in [7, 11) is 0. The largest absolute Gasteiger partial charge is 0.393 e. The Bertz CT molecular complexity index is 199. The summed E-state index contributed by atoms with van der Waals surface area (Å²) >= 11 is 0. The summed E-state index contributed by atoms with van der Waals surface area (Å²) in [6.45, 7) is 6.57. The van der Waals surface area contributed by atoms with Gasteiger partial charge in [-0.2, -0.15) is 5.26 Å². The van der Waals surface area contributed by atoms with E-state index in [4.69, 9.17) is 5.26 Å². The molecular formula is C10H18N2O. The Labute approximate surface area is 80.0 Å². The molecule has 0 saturated carbocycles.